The average molecular weight is 489 g/mol. The molecule has 0 aliphatic carbocycles. The van der Waals surface area contributed by atoms with Gasteiger partial charge in [-0.25, -0.2) is 0 Å². The van der Waals surface area contributed by atoms with Crippen LogP contribution in [0.5, 0.6) is 0 Å². The molecule has 0 aliphatic heterocycles. The quantitative estimate of drug-likeness (QED) is 0.397. The summed E-state index contributed by atoms with van der Waals surface area (Å²) in [5.74, 6) is -1.27. The van der Waals surface area contributed by atoms with Crippen LogP contribution in [0.2, 0.25) is 0 Å². The third-order valence-corrected chi connectivity index (χ3v) is 5.36. The van der Waals surface area contributed by atoms with Crippen LogP contribution in [0.3, 0.4) is 0 Å². The summed E-state index contributed by atoms with van der Waals surface area (Å²) in [6, 6.07) is 10.3. The molecule has 2 aromatic carbocycles. The van der Waals surface area contributed by atoms with Crippen molar-refractivity contribution < 1.29 is 23.9 Å². The first-order valence-electron chi connectivity index (χ1n) is 9.79. The van der Waals surface area contributed by atoms with E-state index in [-0.39, 0.29) is 31.1 Å². The van der Waals surface area contributed by atoms with E-state index < -0.39 is 11.9 Å². The molecule has 31 heavy (non-hydrogen) atoms. The van der Waals surface area contributed by atoms with E-state index in [0.29, 0.717) is 23.4 Å². The summed E-state index contributed by atoms with van der Waals surface area (Å²) >= 11 is 3.43. The summed E-state index contributed by atoms with van der Waals surface area (Å²) in [6.07, 6.45) is 0.455. The van der Waals surface area contributed by atoms with Crippen molar-refractivity contribution in [2.75, 3.05) is 17.2 Å². The topological polar surface area (TPSA) is 102 Å². The molecule has 0 heterocycles. The molecular weight excluding hydrogens is 464 g/mol. The summed E-state index contributed by atoms with van der Waals surface area (Å²) < 4.78 is 5.93. The van der Waals surface area contributed by atoms with E-state index in [1.165, 1.54) is 6.92 Å². The largest absolute Gasteiger partial charge is 0.456 e. The van der Waals surface area contributed by atoms with Crippen LogP contribution in [0.1, 0.15) is 47.7 Å². The lowest BCUT2D eigenvalue weighted by molar-refractivity contribution is -0.147. The molecule has 164 valence electrons. The molecule has 0 radical (unpaired) electrons. The van der Waals surface area contributed by atoms with Crippen molar-refractivity contribution >= 4 is 50.9 Å². The molecule has 0 bridgehead atoms. The van der Waals surface area contributed by atoms with Crippen LogP contribution in [-0.4, -0.2) is 30.2 Å². The predicted octanol–water partition coefficient (Wildman–Crippen LogP) is 4.56. The van der Waals surface area contributed by atoms with Crippen LogP contribution in [0.15, 0.2) is 40.9 Å². The maximum Gasteiger partial charge on any atom is 0.306 e. The number of esters is 1. The van der Waals surface area contributed by atoms with E-state index in [0.717, 1.165) is 15.6 Å². The minimum absolute atomic E-state index is 0.0282. The second-order valence-corrected chi connectivity index (χ2v) is 8.01. The molecule has 7 nitrogen and oxygen atoms in total. The van der Waals surface area contributed by atoms with Gasteiger partial charge in [0.25, 0.3) is 5.91 Å². The Bertz CT molecular complexity index is 986. The van der Waals surface area contributed by atoms with Crippen molar-refractivity contribution in [3.63, 3.8) is 0 Å². The highest BCUT2D eigenvalue weighted by molar-refractivity contribution is 9.10. The summed E-state index contributed by atoms with van der Waals surface area (Å²) in [4.78, 5) is 47.1. The molecule has 0 spiro atoms. The van der Waals surface area contributed by atoms with Crippen molar-refractivity contribution in [3.8, 4) is 0 Å². The van der Waals surface area contributed by atoms with Crippen molar-refractivity contribution in [3.05, 3.63) is 57.6 Å². The first-order valence-corrected chi connectivity index (χ1v) is 10.6. The number of hydrogen-bond donors (Lipinski definition) is 2. The summed E-state index contributed by atoms with van der Waals surface area (Å²) in [6.45, 7) is 4.87. The van der Waals surface area contributed by atoms with Gasteiger partial charge in [-0.15, -0.1) is 0 Å². The SMILES string of the molecule is CC(=O)c1ccc(NC(=O)CCCC(=O)OCC(=O)Nc2cc(C)c(Br)cc2C)cc1. The lowest BCUT2D eigenvalue weighted by atomic mass is 10.1. The Balaban J connectivity index is 1.68. The van der Waals surface area contributed by atoms with Gasteiger partial charge >= 0.3 is 5.97 Å². The number of rotatable bonds is 9. The van der Waals surface area contributed by atoms with Gasteiger partial charge < -0.3 is 15.4 Å². The molecule has 0 unspecified atom stereocenters. The normalized spacial score (nSPS) is 10.3. The molecule has 2 N–H and O–H groups in total. The number of aryl methyl sites for hydroxylation is 2. The Morgan fingerprint density at radius 3 is 2.23 bits per heavy atom. The lowest BCUT2D eigenvalue weighted by Crippen LogP contribution is -2.21. The zero-order chi connectivity index (χ0) is 23.0. The first-order chi connectivity index (χ1) is 14.7. The summed E-state index contributed by atoms with van der Waals surface area (Å²) in [5.41, 5.74) is 3.67. The third-order valence-electron chi connectivity index (χ3n) is 4.50. The molecule has 0 saturated carbocycles. The smallest absolute Gasteiger partial charge is 0.306 e. The fourth-order valence-electron chi connectivity index (χ4n) is 2.73. The minimum atomic E-state index is -0.544. The van der Waals surface area contributed by atoms with Gasteiger partial charge in [0.2, 0.25) is 5.91 Å². The zero-order valence-electron chi connectivity index (χ0n) is 17.7. The zero-order valence-corrected chi connectivity index (χ0v) is 19.3. The molecule has 0 fully saturated rings. The van der Waals surface area contributed by atoms with Crippen LogP contribution < -0.4 is 10.6 Å². The Labute approximate surface area is 189 Å². The van der Waals surface area contributed by atoms with Gasteiger partial charge in [-0.2, -0.15) is 0 Å². The van der Waals surface area contributed by atoms with Crippen molar-refractivity contribution in [1.29, 1.82) is 0 Å². The molecule has 0 aromatic heterocycles. The number of carbonyl (C=O) groups is 4. The van der Waals surface area contributed by atoms with Gasteiger partial charge in [-0.1, -0.05) is 15.9 Å². The number of Topliss-reactive ketones (excluding diaryl/α,β-unsaturated/α-hetero) is 1. The number of nitrogens with one attached hydrogen (secondary N) is 2. The van der Waals surface area contributed by atoms with Gasteiger partial charge in [0, 0.05) is 34.3 Å². The number of carbonyl (C=O) groups excluding carboxylic acids is 4. The number of benzene rings is 2. The highest BCUT2D eigenvalue weighted by Gasteiger charge is 2.11. The van der Waals surface area contributed by atoms with E-state index >= 15 is 0 Å². The van der Waals surface area contributed by atoms with Gasteiger partial charge in [0.05, 0.1) is 0 Å². The molecule has 2 aromatic rings. The Hall–Kier alpha value is -3.00. The van der Waals surface area contributed by atoms with Gasteiger partial charge in [0.15, 0.2) is 12.4 Å². The fourth-order valence-corrected chi connectivity index (χ4v) is 3.18. The van der Waals surface area contributed by atoms with Crippen LogP contribution in [-0.2, 0) is 19.1 Å². The standard InChI is InChI=1S/C23H25BrN2O5/c1-14-12-20(15(2)11-19(14)24)26-22(29)13-31-23(30)6-4-5-21(28)25-18-9-7-17(8-10-18)16(3)27/h7-12H,4-6,13H2,1-3H3,(H,25,28)(H,26,29). The number of halogens is 1. The molecule has 0 saturated heterocycles. The lowest BCUT2D eigenvalue weighted by Gasteiger charge is -2.11. The van der Waals surface area contributed by atoms with E-state index in [2.05, 4.69) is 26.6 Å². The van der Waals surface area contributed by atoms with E-state index in [9.17, 15) is 19.2 Å². The van der Waals surface area contributed by atoms with Crippen molar-refractivity contribution in [2.24, 2.45) is 0 Å². The number of amides is 2. The third kappa shape index (κ3) is 7.97. The predicted molar refractivity (Wildman–Crippen MR) is 122 cm³/mol. The number of ketones is 1. The Morgan fingerprint density at radius 2 is 1.58 bits per heavy atom. The van der Waals surface area contributed by atoms with E-state index in [1.807, 2.05) is 26.0 Å². The van der Waals surface area contributed by atoms with Crippen LogP contribution in [0.4, 0.5) is 11.4 Å². The van der Waals surface area contributed by atoms with Gasteiger partial charge in [-0.3, -0.25) is 19.2 Å². The monoisotopic (exact) mass is 488 g/mol. The molecule has 0 aliphatic rings. The Morgan fingerprint density at radius 1 is 0.903 bits per heavy atom. The van der Waals surface area contributed by atoms with Gasteiger partial charge in [0.1, 0.15) is 0 Å². The number of ether oxygens (including phenoxy) is 1. The molecule has 2 rings (SSSR count). The van der Waals surface area contributed by atoms with Crippen molar-refractivity contribution in [2.45, 2.75) is 40.0 Å². The van der Waals surface area contributed by atoms with E-state index in [1.54, 1.807) is 24.3 Å². The highest BCUT2D eigenvalue weighted by atomic mass is 79.9. The summed E-state index contributed by atoms with van der Waals surface area (Å²) in [7, 11) is 0. The van der Waals surface area contributed by atoms with Crippen molar-refractivity contribution in [1.82, 2.24) is 0 Å². The molecule has 2 amide bonds. The molecular formula is C23H25BrN2O5. The second kappa shape index (κ2) is 11.4. The number of hydrogen-bond acceptors (Lipinski definition) is 5. The maximum atomic E-state index is 12.0. The van der Waals surface area contributed by atoms with Crippen LogP contribution in [0, 0.1) is 13.8 Å². The van der Waals surface area contributed by atoms with Crippen LogP contribution in [0.25, 0.3) is 0 Å². The average Bonchev–Trinajstić information content (AvgIpc) is 2.71. The highest BCUT2D eigenvalue weighted by Crippen LogP contribution is 2.24. The summed E-state index contributed by atoms with van der Waals surface area (Å²) in [5, 5.41) is 5.43. The van der Waals surface area contributed by atoms with Crippen LogP contribution >= 0.6 is 15.9 Å². The number of anilines is 2. The minimum Gasteiger partial charge on any atom is -0.456 e. The maximum absolute atomic E-state index is 12.0. The fraction of sp³-hybridized carbons (Fsp3) is 0.304. The van der Waals surface area contributed by atoms with Gasteiger partial charge in [-0.05, 0) is 74.7 Å². The second-order valence-electron chi connectivity index (χ2n) is 7.16. The van der Waals surface area contributed by atoms with E-state index in [4.69, 9.17) is 4.74 Å². The molecule has 0 atom stereocenters. The first kappa shape index (κ1) is 24.3. The molecule has 8 heteroatoms. The Kier molecular flexibility index (Phi) is 8.93.